The number of rotatable bonds is 3. The summed E-state index contributed by atoms with van der Waals surface area (Å²) in [5.41, 5.74) is 5.28. The van der Waals surface area contributed by atoms with Crippen LogP contribution >= 0.6 is 0 Å². The average Bonchev–Trinajstić information content (AvgIpc) is 2.17. The Hall–Kier alpha value is -0.960. The second-order valence-corrected chi connectivity index (χ2v) is 3.41. The quantitative estimate of drug-likeness (QED) is 0.765. The molecule has 0 amide bonds. The highest BCUT2D eigenvalue weighted by molar-refractivity contribution is 5.25. The molecule has 1 rings (SSSR count). The normalized spacial score (nSPS) is 15.4. The van der Waals surface area contributed by atoms with Crippen molar-refractivity contribution in [2.75, 3.05) is 13.2 Å². The molecule has 0 bridgehead atoms. The molecule has 0 heterocycles. The van der Waals surface area contributed by atoms with E-state index in [9.17, 15) is 8.78 Å². The summed E-state index contributed by atoms with van der Waals surface area (Å²) in [4.78, 5) is 0. The third-order valence-electron chi connectivity index (χ3n) is 2.27. The number of hydrogen-bond acceptors (Lipinski definition) is 1. The molecule has 1 aromatic rings. The lowest BCUT2D eigenvalue weighted by atomic mass is 9.84. The minimum absolute atomic E-state index is 0.174. The molecule has 0 aliphatic rings. The lowest BCUT2D eigenvalue weighted by Crippen LogP contribution is -2.34. The van der Waals surface area contributed by atoms with Gasteiger partial charge in [0.15, 0.2) is 0 Å². The van der Waals surface area contributed by atoms with Crippen LogP contribution in [0.4, 0.5) is 8.78 Å². The van der Waals surface area contributed by atoms with Gasteiger partial charge in [0.2, 0.25) is 0 Å². The van der Waals surface area contributed by atoms with Crippen LogP contribution in [0.3, 0.4) is 0 Å². The van der Waals surface area contributed by atoms with Gasteiger partial charge in [-0.3, -0.25) is 4.39 Å². The third kappa shape index (κ3) is 2.04. The van der Waals surface area contributed by atoms with E-state index in [1.807, 2.05) is 0 Å². The van der Waals surface area contributed by atoms with Crippen molar-refractivity contribution in [2.24, 2.45) is 5.73 Å². The van der Waals surface area contributed by atoms with Gasteiger partial charge in [0.05, 0.1) is 6.67 Å². The summed E-state index contributed by atoms with van der Waals surface area (Å²) in [7, 11) is 0. The van der Waals surface area contributed by atoms with Crippen LogP contribution in [0.1, 0.15) is 12.5 Å². The first kappa shape index (κ1) is 10.1. The van der Waals surface area contributed by atoms with Gasteiger partial charge in [-0.05, 0) is 17.7 Å². The maximum absolute atomic E-state index is 12.8. The maximum Gasteiger partial charge on any atom is 0.123 e. The number of alkyl halides is 1. The van der Waals surface area contributed by atoms with Crippen LogP contribution in [0.25, 0.3) is 0 Å². The first-order chi connectivity index (χ1) is 6.12. The Balaban J connectivity index is 3.05. The zero-order chi connectivity index (χ0) is 9.90. The Labute approximate surface area is 76.6 Å². The van der Waals surface area contributed by atoms with Gasteiger partial charge in [0.25, 0.3) is 0 Å². The fourth-order valence-corrected chi connectivity index (χ4v) is 1.11. The van der Waals surface area contributed by atoms with E-state index in [0.29, 0.717) is 5.56 Å². The van der Waals surface area contributed by atoms with Gasteiger partial charge in [0, 0.05) is 12.0 Å². The van der Waals surface area contributed by atoms with E-state index in [1.165, 1.54) is 12.1 Å². The third-order valence-corrected chi connectivity index (χ3v) is 2.27. The summed E-state index contributed by atoms with van der Waals surface area (Å²) in [6, 6.07) is 5.91. The standard InChI is InChI=1S/C10H13F2N/c1-10(6-11,7-13)8-3-2-4-9(12)5-8/h2-5H,6-7,13H2,1H3. The van der Waals surface area contributed by atoms with Crippen LogP contribution in [0.5, 0.6) is 0 Å². The molecule has 0 spiro atoms. The van der Waals surface area contributed by atoms with Crippen molar-refractivity contribution >= 4 is 0 Å². The number of halogens is 2. The zero-order valence-electron chi connectivity index (χ0n) is 7.56. The van der Waals surface area contributed by atoms with Crippen molar-refractivity contribution in [3.05, 3.63) is 35.6 Å². The van der Waals surface area contributed by atoms with E-state index in [0.717, 1.165) is 0 Å². The highest BCUT2D eigenvalue weighted by Crippen LogP contribution is 2.23. The van der Waals surface area contributed by atoms with Gasteiger partial charge in [-0.1, -0.05) is 19.1 Å². The van der Waals surface area contributed by atoms with Crippen molar-refractivity contribution < 1.29 is 8.78 Å². The van der Waals surface area contributed by atoms with Crippen LogP contribution in [0, 0.1) is 5.82 Å². The van der Waals surface area contributed by atoms with Crippen molar-refractivity contribution in [2.45, 2.75) is 12.3 Å². The van der Waals surface area contributed by atoms with Gasteiger partial charge in [-0.25, -0.2) is 4.39 Å². The van der Waals surface area contributed by atoms with Crippen LogP contribution in [-0.2, 0) is 5.41 Å². The van der Waals surface area contributed by atoms with Crippen molar-refractivity contribution in [3.8, 4) is 0 Å². The van der Waals surface area contributed by atoms with Crippen molar-refractivity contribution in [3.63, 3.8) is 0 Å². The zero-order valence-corrected chi connectivity index (χ0v) is 7.56. The van der Waals surface area contributed by atoms with Gasteiger partial charge in [-0.2, -0.15) is 0 Å². The Morgan fingerprint density at radius 1 is 1.46 bits per heavy atom. The second-order valence-electron chi connectivity index (χ2n) is 3.41. The molecule has 0 aliphatic carbocycles. The van der Waals surface area contributed by atoms with Crippen LogP contribution in [0.2, 0.25) is 0 Å². The molecular weight excluding hydrogens is 172 g/mol. The largest absolute Gasteiger partial charge is 0.329 e. The second kappa shape index (κ2) is 3.83. The van der Waals surface area contributed by atoms with Gasteiger partial charge >= 0.3 is 0 Å². The summed E-state index contributed by atoms with van der Waals surface area (Å²) in [6.07, 6.45) is 0. The van der Waals surface area contributed by atoms with E-state index >= 15 is 0 Å². The molecule has 0 fully saturated rings. The molecule has 3 heteroatoms. The highest BCUT2D eigenvalue weighted by Gasteiger charge is 2.25. The van der Waals surface area contributed by atoms with E-state index in [2.05, 4.69) is 0 Å². The number of hydrogen-bond donors (Lipinski definition) is 1. The SMILES string of the molecule is CC(CN)(CF)c1cccc(F)c1. The average molecular weight is 185 g/mol. The minimum Gasteiger partial charge on any atom is -0.329 e. The van der Waals surface area contributed by atoms with E-state index in [1.54, 1.807) is 19.1 Å². The Kier molecular flexibility index (Phi) is 2.98. The van der Waals surface area contributed by atoms with E-state index in [-0.39, 0.29) is 12.4 Å². The molecular formula is C10H13F2N. The molecule has 13 heavy (non-hydrogen) atoms. The van der Waals surface area contributed by atoms with Gasteiger partial charge in [-0.15, -0.1) is 0 Å². The molecule has 0 aromatic heterocycles. The molecule has 1 atom stereocenters. The topological polar surface area (TPSA) is 26.0 Å². The molecule has 72 valence electrons. The molecule has 0 aliphatic heterocycles. The summed E-state index contributed by atoms with van der Waals surface area (Å²) in [5.74, 6) is -0.356. The predicted molar refractivity (Wildman–Crippen MR) is 48.8 cm³/mol. The van der Waals surface area contributed by atoms with Gasteiger partial charge in [0.1, 0.15) is 5.82 Å². The maximum atomic E-state index is 12.8. The fourth-order valence-electron chi connectivity index (χ4n) is 1.11. The van der Waals surface area contributed by atoms with Crippen molar-refractivity contribution in [1.82, 2.24) is 0 Å². The predicted octanol–water partition coefficient (Wildman–Crippen LogP) is 2.01. The van der Waals surface area contributed by atoms with Crippen molar-refractivity contribution in [1.29, 1.82) is 0 Å². The minimum atomic E-state index is -0.762. The summed E-state index contributed by atoms with van der Waals surface area (Å²) in [6.45, 7) is 1.28. The summed E-state index contributed by atoms with van der Waals surface area (Å²) in [5, 5.41) is 0. The van der Waals surface area contributed by atoms with Gasteiger partial charge < -0.3 is 5.73 Å². The summed E-state index contributed by atoms with van der Waals surface area (Å²) >= 11 is 0. The number of nitrogens with two attached hydrogens (primary N) is 1. The lowest BCUT2D eigenvalue weighted by Gasteiger charge is -2.24. The van der Waals surface area contributed by atoms with Crippen LogP contribution < -0.4 is 5.73 Å². The Morgan fingerprint density at radius 3 is 2.62 bits per heavy atom. The number of benzene rings is 1. The van der Waals surface area contributed by atoms with E-state index < -0.39 is 12.1 Å². The molecule has 1 unspecified atom stereocenters. The molecule has 0 saturated carbocycles. The highest BCUT2D eigenvalue weighted by atomic mass is 19.1. The smallest absolute Gasteiger partial charge is 0.123 e. The monoisotopic (exact) mass is 185 g/mol. The van der Waals surface area contributed by atoms with E-state index in [4.69, 9.17) is 5.73 Å². The fraction of sp³-hybridized carbons (Fsp3) is 0.400. The molecule has 2 N–H and O–H groups in total. The molecule has 0 saturated heterocycles. The molecule has 1 nitrogen and oxygen atoms in total. The molecule has 0 radical (unpaired) electrons. The molecule has 1 aromatic carbocycles. The first-order valence-corrected chi connectivity index (χ1v) is 4.14. The van der Waals surface area contributed by atoms with Crippen LogP contribution in [-0.4, -0.2) is 13.2 Å². The first-order valence-electron chi connectivity index (χ1n) is 4.14. The Bertz CT molecular complexity index is 282. The lowest BCUT2D eigenvalue weighted by molar-refractivity contribution is 0.333. The summed E-state index contributed by atoms with van der Waals surface area (Å²) < 4.78 is 25.5. The van der Waals surface area contributed by atoms with Crippen LogP contribution in [0.15, 0.2) is 24.3 Å². The Morgan fingerprint density at radius 2 is 2.15 bits per heavy atom.